The topological polar surface area (TPSA) is 47.4 Å². The van der Waals surface area contributed by atoms with Crippen LogP contribution >= 0.6 is 23.2 Å². The number of hydrogen-bond acceptors (Lipinski definition) is 3. The smallest absolute Gasteiger partial charge is 0.247 e. The van der Waals surface area contributed by atoms with Crippen molar-refractivity contribution in [2.75, 3.05) is 4.90 Å². The summed E-state index contributed by atoms with van der Waals surface area (Å²) in [5, 5.41) is 0.959. The van der Waals surface area contributed by atoms with Crippen molar-refractivity contribution < 1.29 is 9.53 Å². The zero-order valence-electron chi connectivity index (χ0n) is 17.8. The fourth-order valence-electron chi connectivity index (χ4n) is 3.68. The summed E-state index contributed by atoms with van der Waals surface area (Å²) >= 11 is 12.2. The molecule has 0 atom stereocenters. The third kappa shape index (κ3) is 4.74. The van der Waals surface area contributed by atoms with Crippen molar-refractivity contribution in [1.29, 1.82) is 0 Å². The Morgan fingerprint density at radius 3 is 2.47 bits per heavy atom. The van der Waals surface area contributed by atoms with Gasteiger partial charge in [-0.05, 0) is 56.3 Å². The van der Waals surface area contributed by atoms with Crippen LogP contribution in [0.3, 0.4) is 0 Å². The molecule has 0 fully saturated rings. The third-order valence-electron chi connectivity index (χ3n) is 5.10. The van der Waals surface area contributed by atoms with Crippen LogP contribution in [0.15, 0.2) is 72.8 Å². The maximum Gasteiger partial charge on any atom is 0.247 e. The monoisotopic (exact) mass is 467 g/mol. The van der Waals surface area contributed by atoms with Gasteiger partial charge >= 0.3 is 0 Å². The zero-order valence-corrected chi connectivity index (χ0v) is 19.3. The molecule has 1 heterocycles. The van der Waals surface area contributed by atoms with Gasteiger partial charge in [0, 0.05) is 16.8 Å². The predicted molar refractivity (Wildman–Crippen MR) is 130 cm³/mol. The molecule has 1 amide bonds. The highest BCUT2D eigenvalue weighted by atomic mass is 35.5. The van der Waals surface area contributed by atoms with Gasteiger partial charge in [-0.3, -0.25) is 4.79 Å². The molecule has 0 N–H and O–H groups in total. The summed E-state index contributed by atoms with van der Waals surface area (Å²) in [5.74, 6) is 1.12. The number of hydrogen-bond donors (Lipinski definition) is 0. The predicted octanol–water partition coefficient (Wildman–Crippen LogP) is 6.36. The Kier molecular flexibility index (Phi) is 6.68. The number of carbonyl (C=O) groups is 1. The fourth-order valence-corrected chi connectivity index (χ4v) is 4.14. The molecule has 0 unspecified atom stereocenters. The van der Waals surface area contributed by atoms with Gasteiger partial charge in [0.05, 0.1) is 16.1 Å². The molecule has 5 nitrogen and oxygen atoms in total. The van der Waals surface area contributed by atoms with Crippen LogP contribution in [-0.2, 0) is 17.9 Å². The highest BCUT2D eigenvalue weighted by molar-refractivity contribution is 6.35. The van der Waals surface area contributed by atoms with E-state index >= 15 is 0 Å². The second-order valence-corrected chi connectivity index (χ2v) is 8.50. The van der Waals surface area contributed by atoms with Crippen LogP contribution in [0, 0.1) is 0 Å². The Morgan fingerprint density at radius 2 is 1.75 bits per heavy atom. The lowest BCUT2D eigenvalue weighted by molar-refractivity contribution is -0.119. The van der Waals surface area contributed by atoms with Gasteiger partial charge in [-0.25, -0.2) is 4.98 Å². The summed E-state index contributed by atoms with van der Waals surface area (Å²) in [7, 11) is 0. The molecule has 0 aliphatic heterocycles. The molecule has 0 saturated heterocycles. The van der Waals surface area contributed by atoms with E-state index in [0.717, 1.165) is 16.7 Å². The second kappa shape index (κ2) is 9.63. The van der Waals surface area contributed by atoms with Gasteiger partial charge in [0.2, 0.25) is 5.91 Å². The summed E-state index contributed by atoms with van der Waals surface area (Å²) in [4.78, 5) is 19.9. The Labute approximate surface area is 197 Å². The van der Waals surface area contributed by atoms with Crippen molar-refractivity contribution in [3.8, 4) is 5.75 Å². The van der Waals surface area contributed by atoms with Crippen LogP contribution in [0.1, 0.15) is 19.7 Å². The Bertz CT molecular complexity index is 1240. The summed E-state index contributed by atoms with van der Waals surface area (Å²) in [6.07, 6.45) is 0. The highest BCUT2D eigenvalue weighted by Crippen LogP contribution is 2.28. The van der Waals surface area contributed by atoms with Crippen LogP contribution < -0.4 is 9.64 Å². The minimum Gasteiger partial charge on any atom is -0.484 e. The first-order valence-electron chi connectivity index (χ1n) is 10.3. The molecular formula is C25H23Cl2N3O2. The van der Waals surface area contributed by atoms with Crippen LogP contribution in [0.25, 0.3) is 11.0 Å². The molecule has 4 rings (SSSR count). The second-order valence-electron chi connectivity index (χ2n) is 7.66. The van der Waals surface area contributed by atoms with Crippen molar-refractivity contribution >= 4 is 45.8 Å². The molecule has 0 spiro atoms. The van der Waals surface area contributed by atoms with Gasteiger partial charge in [0.25, 0.3) is 0 Å². The van der Waals surface area contributed by atoms with E-state index in [9.17, 15) is 4.79 Å². The molecule has 0 aliphatic carbocycles. The van der Waals surface area contributed by atoms with Crippen molar-refractivity contribution in [2.24, 2.45) is 0 Å². The van der Waals surface area contributed by atoms with E-state index < -0.39 is 0 Å². The molecule has 7 heteroatoms. The fraction of sp³-hybridized carbons (Fsp3) is 0.200. The normalized spacial score (nSPS) is 11.2. The number of halogens is 2. The highest BCUT2D eigenvalue weighted by Gasteiger charge is 2.22. The molecule has 3 aromatic carbocycles. The average Bonchev–Trinajstić information content (AvgIpc) is 3.11. The van der Waals surface area contributed by atoms with E-state index in [0.29, 0.717) is 21.6 Å². The number of para-hydroxylation sites is 3. The maximum atomic E-state index is 13.4. The summed E-state index contributed by atoms with van der Waals surface area (Å²) in [5.41, 5.74) is 2.54. The maximum absolute atomic E-state index is 13.4. The van der Waals surface area contributed by atoms with Gasteiger partial charge in [-0.1, -0.05) is 53.5 Å². The van der Waals surface area contributed by atoms with E-state index in [1.807, 2.05) is 73.0 Å². The van der Waals surface area contributed by atoms with Gasteiger partial charge in [-0.15, -0.1) is 0 Å². The third-order valence-corrected chi connectivity index (χ3v) is 5.63. The number of amides is 1. The minimum atomic E-state index is -0.0277. The molecule has 0 radical (unpaired) electrons. The number of nitrogens with zero attached hydrogens (tertiary/aromatic N) is 3. The van der Waals surface area contributed by atoms with E-state index in [1.54, 1.807) is 23.1 Å². The Hall–Kier alpha value is -3.02. The standard InChI is InChI=1S/C25H23Cl2N3O2/c1-17(2)30(19-8-4-3-5-9-19)25(31)15-29-22-11-7-6-10-21(22)28-24(29)16-32-23-13-12-18(26)14-20(23)27/h3-14,17H,15-16H2,1-2H3. The molecule has 1 aromatic heterocycles. The molecular weight excluding hydrogens is 445 g/mol. The quantitative estimate of drug-likeness (QED) is 0.317. The summed E-state index contributed by atoms with van der Waals surface area (Å²) in [6.45, 7) is 4.31. The van der Waals surface area contributed by atoms with E-state index in [4.69, 9.17) is 32.9 Å². The SMILES string of the molecule is CC(C)N(C(=O)Cn1c(COc2ccc(Cl)cc2Cl)nc2ccccc21)c1ccccc1. The van der Waals surface area contributed by atoms with Crippen LogP contribution in [0.4, 0.5) is 5.69 Å². The van der Waals surface area contributed by atoms with Gasteiger partial charge in [0.15, 0.2) is 0 Å². The number of ether oxygens (including phenoxy) is 1. The van der Waals surface area contributed by atoms with E-state index in [1.165, 1.54) is 0 Å². The zero-order chi connectivity index (χ0) is 22.7. The van der Waals surface area contributed by atoms with Crippen LogP contribution in [0.2, 0.25) is 10.0 Å². The van der Waals surface area contributed by atoms with E-state index in [2.05, 4.69) is 0 Å². The van der Waals surface area contributed by atoms with Gasteiger partial charge in [0.1, 0.15) is 24.7 Å². The number of anilines is 1. The lowest BCUT2D eigenvalue weighted by Crippen LogP contribution is -2.39. The number of benzene rings is 3. The van der Waals surface area contributed by atoms with Crippen molar-refractivity contribution in [2.45, 2.75) is 33.0 Å². The van der Waals surface area contributed by atoms with Crippen molar-refractivity contribution in [1.82, 2.24) is 9.55 Å². The molecule has 32 heavy (non-hydrogen) atoms. The Morgan fingerprint density at radius 1 is 1.03 bits per heavy atom. The Balaban J connectivity index is 1.64. The van der Waals surface area contributed by atoms with Gasteiger partial charge < -0.3 is 14.2 Å². The summed E-state index contributed by atoms with van der Waals surface area (Å²) < 4.78 is 7.83. The van der Waals surface area contributed by atoms with Crippen molar-refractivity contribution in [3.05, 3.63) is 88.7 Å². The number of fused-ring (bicyclic) bond motifs is 1. The number of carbonyl (C=O) groups excluding carboxylic acids is 1. The number of imidazole rings is 1. The summed E-state index contributed by atoms with van der Waals surface area (Å²) in [6, 6.07) is 22.5. The van der Waals surface area contributed by atoms with Gasteiger partial charge in [-0.2, -0.15) is 0 Å². The molecule has 4 aromatic rings. The molecule has 164 valence electrons. The minimum absolute atomic E-state index is 0.00672. The first-order chi connectivity index (χ1) is 15.4. The average molecular weight is 468 g/mol. The number of rotatable bonds is 7. The van der Waals surface area contributed by atoms with E-state index in [-0.39, 0.29) is 25.1 Å². The lowest BCUT2D eigenvalue weighted by Gasteiger charge is -2.27. The van der Waals surface area contributed by atoms with Crippen LogP contribution in [-0.4, -0.2) is 21.5 Å². The van der Waals surface area contributed by atoms with Crippen molar-refractivity contribution in [3.63, 3.8) is 0 Å². The van der Waals surface area contributed by atoms with Crippen LogP contribution in [0.5, 0.6) is 5.75 Å². The largest absolute Gasteiger partial charge is 0.484 e. The molecule has 0 saturated carbocycles. The lowest BCUT2D eigenvalue weighted by atomic mass is 10.2. The molecule has 0 bridgehead atoms. The molecule has 0 aliphatic rings. The first-order valence-corrected chi connectivity index (χ1v) is 11.1. The first kappa shape index (κ1) is 22.2. The number of aromatic nitrogens is 2.